The highest BCUT2D eigenvalue weighted by atomic mass is 16.6. The molecule has 0 bridgehead atoms. The van der Waals surface area contributed by atoms with Gasteiger partial charge in [-0.25, -0.2) is 0 Å². The van der Waals surface area contributed by atoms with E-state index in [4.69, 9.17) is 18.9 Å². The van der Waals surface area contributed by atoms with Crippen molar-refractivity contribution < 1.29 is 23.7 Å². The maximum atomic E-state index is 12.6. The summed E-state index contributed by atoms with van der Waals surface area (Å²) in [5.41, 5.74) is 2.14. The maximum absolute atomic E-state index is 12.6. The fraction of sp³-hybridized carbons (Fsp3) is 0.625. The summed E-state index contributed by atoms with van der Waals surface area (Å²) in [7, 11) is 3.37. The molecule has 5 heterocycles. The van der Waals surface area contributed by atoms with Gasteiger partial charge in [0.2, 0.25) is 5.75 Å². The van der Waals surface area contributed by atoms with Gasteiger partial charge in [0.1, 0.15) is 12.7 Å². The van der Waals surface area contributed by atoms with Crippen LogP contribution >= 0.6 is 0 Å². The van der Waals surface area contributed by atoms with E-state index in [2.05, 4.69) is 34.9 Å². The lowest BCUT2D eigenvalue weighted by molar-refractivity contribution is -0.143. The highest BCUT2D eigenvalue weighted by Crippen LogP contribution is 2.69. The average Bonchev–Trinajstić information content (AvgIpc) is 3.40. The lowest BCUT2D eigenvalue weighted by Gasteiger charge is -2.57. The molecule has 3 fully saturated rings. The van der Waals surface area contributed by atoms with Crippen LogP contribution in [0.15, 0.2) is 18.2 Å². The Bertz CT molecular complexity index is 1040. The van der Waals surface area contributed by atoms with Crippen LogP contribution in [-0.2, 0) is 14.9 Å². The van der Waals surface area contributed by atoms with Crippen molar-refractivity contribution >= 4 is 11.7 Å². The molecule has 6 atom stereocenters. The van der Waals surface area contributed by atoms with Gasteiger partial charge in [-0.3, -0.25) is 9.69 Å². The van der Waals surface area contributed by atoms with Crippen LogP contribution < -0.4 is 19.1 Å². The minimum absolute atomic E-state index is 0.0539. The standard InChI is InChI=1S/C24H28N2O5/c1-13-12-30-21-19-14(9-15(28-2)20(21)29-3)24-6-8-25-7-4-5-23(22(24)25)11-18(27)31-17(23)10-16(24)26(13)19/h4-5,9,13,16-17,22H,6-8,10-12H2,1-3H3/t13-,16-,17+,22-,23+,24-/m1/s1. The molecule has 6 aliphatic rings. The molecule has 1 aliphatic carbocycles. The minimum Gasteiger partial charge on any atom is -0.493 e. The number of methoxy groups -OCH3 is 2. The largest absolute Gasteiger partial charge is 0.493 e. The van der Waals surface area contributed by atoms with Gasteiger partial charge in [0.15, 0.2) is 11.5 Å². The zero-order valence-electron chi connectivity index (χ0n) is 18.2. The first kappa shape index (κ1) is 18.2. The van der Waals surface area contributed by atoms with Crippen molar-refractivity contribution in [2.24, 2.45) is 5.41 Å². The van der Waals surface area contributed by atoms with Gasteiger partial charge >= 0.3 is 5.97 Å². The summed E-state index contributed by atoms with van der Waals surface area (Å²) in [4.78, 5) is 17.7. The number of hydrogen-bond donors (Lipinski definition) is 0. The van der Waals surface area contributed by atoms with Crippen LogP contribution in [0.5, 0.6) is 17.2 Å². The Morgan fingerprint density at radius 1 is 1.26 bits per heavy atom. The number of rotatable bonds is 2. The van der Waals surface area contributed by atoms with Gasteiger partial charge in [-0.15, -0.1) is 0 Å². The van der Waals surface area contributed by atoms with Gasteiger partial charge in [-0.05, 0) is 31.5 Å². The zero-order chi connectivity index (χ0) is 21.1. The Morgan fingerprint density at radius 2 is 2.13 bits per heavy atom. The van der Waals surface area contributed by atoms with E-state index in [1.807, 2.05) is 0 Å². The van der Waals surface area contributed by atoms with E-state index < -0.39 is 0 Å². The van der Waals surface area contributed by atoms with Crippen LogP contribution in [0.2, 0.25) is 0 Å². The summed E-state index contributed by atoms with van der Waals surface area (Å²) in [5, 5.41) is 0. The average molecular weight is 424 g/mol. The van der Waals surface area contributed by atoms with Crippen molar-refractivity contribution in [2.75, 3.05) is 38.8 Å². The summed E-state index contributed by atoms with van der Waals surface area (Å²) in [5.74, 6) is 2.15. The first-order valence-electron chi connectivity index (χ1n) is 11.4. The molecule has 7 nitrogen and oxygen atoms in total. The molecule has 1 aromatic carbocycles. The first-order valence-corrected chi connectivity index (χ1v) is 11.4. The predicted octanol–water partition coefficient (Wildman–Crippen LogP) is 2.26. The number of benzene rings is 1. The topological polar surface area (TPSA) is 60.5 Å². The van der Waals surface area contributed by atoms with Crippen molar-refractivity contribution in [3.05, 3.63) is 23.8 Å². The molecule has 0 radical (unpaired) electrons. The Hall–Kier alpha value is -2.41. The molecule has 0 N–H and O–H groups in total. The molecule has 7 heteroatoms. The van der Waals surface area contributed by atoms with E-state index in [0.29, 0.717) is 18.8 Å². The van der Waals surface area contributed by atoms with Gasteiger partial charge in [-0.1, -0.05) is 12.2 Å². The Morgan fingerprint density at radius 3 is 2.94 bits per heavy atom. The highest BCUT2D eigenvalue weighted by molar-refractivity contribution is 5.82. The summed E-state index contributed by atoms with van der Waals surface area (Å²) < 4.78 is 23.8. The summed E-state index contributed by atoms with van der Waals surface area (Å²) >= 11 is 0. The van der Waals surface area contributed by atoms with E-state index >= 15 is 0 Å². The molecule has 31 heavy (non-hydrogen) atoms. The molecule has 1 saturated carbocycles. The number of esters is 1. The number of hydrogen-bond acceptors (Lipinski definition) is 7. The smallest absolute Gasteiger partial charge is 0.307 e. The molecular formula is C24H28N2O5. The molecule has 0 unspecified atom stereocenters. The van der Waals surface area contributed by atoms with E-state index in [9.17, 15) is 4.79 Å². The quantitative estimate of drug-likeness (QED) is 0.533. The van der Waals surface area contributed by atoms with E-state index in [-0.39, 0.29) is 41.0 Å². The third-order valence-corrected chi connectivity index (χ3v) is 8.94. The summed E-state index contributed by atoms with van der Waals surface area (Å²) in [6, 6.07) is 2.94. The SMILES string of the molecule is COc1cc2c3c(c1OC)OC[C@@H](C)N3[C@@H]1C[C@@H]3OC(=O)C[C@@]34C=CCN3CC[C@@]21[C@H]34. The van der Waals surface area contributed by atoms with Crippen LogP contribution in [0.4, 0.5) is 5.69 Å². The molecule has 164 valence electrons. The van der Waals surface area contributed by atoms with Crippen molar-refractivity contribution in [3.63, 3.8) is 0 Å². The summed E-state index contributed by atoms with van der Waals surface area (Å²) in [6.45, 7) is 4.80. The highest BCUT2D eigenvalue weighted by Gasteiger charge is 2.74. The molecular weight excluding hydrogens is 396 g/mol. The van der Waals surface area contributed by atoms with Crippen LogP contribution in [-0.4, -0.2) is 69.0 Å². The lowest BCUT2D eigenvalue weighted by Crippen LogP contribution is -2.68. The van der Waals surface area contributed by atoms with E-state index in [1.54, 1.807) is 14.2 Å². The molecule has 1 aromatic rings. The van der Waals surface area contributed by atoms with Crippen LogP contribution in [0, 0.1) is 5.41 Å². The van der Waals surface area contributed by atoms with Crippen molar-refractivity contribution in [1.29, 1.82) is 0 Å². The number of anilines is 1. The third-order valence-electron chi connectivity index (χ3n) is 8.94. The predicted molar refractivity (Wildman–Crippen MR) is 113 cm³/mol. The molecule has 7 rings (SSSR count). The van der Waals surface area contributed by atoms with Crippen LogP contribution in [0.3, 0.4) is 0 Å². The minimum atomic E-state index is -0.249. The molecule has 0 aromatic heterocycles. The van der Waals surface area contributed by atoms with Gasteiger partial charge in [-0.2, -0.15) is 0 Å². The summed E-state index contributed by atoms with van der Waals surface area (Å²) in [6.07, 6.45) is 6.89. The van der Waals surface area contributed by atoms with Gasteiger partial charge in [0, 0.05) is 30.5 Å². The molecule has 2 saturated heterocycles. The normalized spacial score (nSPS) is 41.1. The molecule has 5 aliphatic heterocycles. The van der Waals surface area contributed by atoms with Gasteiger partial charge in [0.25, 0.3) is 0 Å². The number of ether oxygens (including phenoxy) is 4. The van der Waals surface area contributed by atoms with Crippen molar-refractivity contribution in [1.82, 2.24) is 4.90 Å². The molecule has 0 amide bonds. The zero-order valence-corrected chi connectivity index (χ0v) is 18.2. The van der Waals surface area contributed by atoms with E-state index in [0.717, 1.165) is 37.4 Å². The second-order valence-electron chi connectivity index (χ2n) is 10.0. The maximum Gasteiger partial charge on any atom is 0.307 e. The Balaban J connectivity index is 1.53. The lowest BCUT2D eigenvalue weighted by atomic mass is 9.53. The number of carbonyl (C=O) groups is 1. The van der Waals surface area contributed by atoms with Gasteiger partial charge in [0.05, 0.1) is 37.8 Å². The van der Waals surface area contributed by atoms with Crippen molar-refractivity contribution in [2.45, 2.75) is 55.8 Å². The van der Waals surface area contributed by atoms with Crippen molar-refractivity contribution in [3.8, 4) is 17.2 Å². The second-order valence-corrected chi connectivity index (χ2v) is 10.0. The van der Waals surface area contributed by atoms with Gasteiger partial charge < -0.3 is 23.8 Å². The second kappa shape index (κ2) is 5.68. The number of fused-ring (bicyclic) bond motifs is 1. The molecule has 2 spiro atoms. The van der Waals surface area contributed by atoms with E-state index in [1.165, 1.54) is 11.3 Å². The number of nitrogens with zero attached hydrogens (tertiary/aromatic N) is 2. The number of carbonyl (C=O) groups excluding carboxylic acids is 1. The van der Waals surface area contributed by atoms with Crippen LogP contribution in [0.25, 0.3) is 0 Å². The monoisotopic (exact) mass is 424 g/mol. The fourth-order valence-corrected chi connectivity index (χ4v) is 8.06. The fourth-order valence-electron chi connectivity index (χ4n) is 8.06. The third kappa shape index (κ3) is 1.86. The Kier molecular flexibility index (Phi) is 3.33. The Labute approximate surface area is 181 Å². The first-order chi connectivity index (χ1) is 15.0. The van der Waals surface area contributed by atoms with Crippen LogP contribution in [0.1, 0.15) is 31.7 Å².